The Morgan fingerprint density at radius 2 is 1.65 bits per heavy atom. The minimum Gasteiger partial charge on any atom is -0.494 e. The molecule has 0 bridgehead atoms. The van der Waals surface area contributed by atoms with E-state index in [2.05, 4.69) is 11.2 Å². The van der Waals surface area contributed by atoms with Crippen molar-refractivity contribution in [2.75, 3.05) is 32.7 Å². The number of methoxy groups -OCH3 is 2. The molecule has 8 heteroatoms. The van der Waals surface area contributed by atoms with Crippen LogP contribution in [0, 0.1) is 12.3 Å². The highest BCUT2D eigenvalue weighted by molar-refractivity contribution is 6.04. The van der Waals surface area contributed by atoms with Crippen molar-refractivity contribution in [2.45, 2.75) is 32.2 Å². The van der Waals surface area contributed by atoms with E-state index >= 15 is 0 Å². The van der Waals surface area contributed by atoms with Gasteiger partial charge in [0.05, 0.1) is 20.8 Å². The number of nitrogens with zero attached hydrogens (tertiary/aromatic N) is 1. The van der Waals surface area contributed by atoms with Crippen LogP contribution in [0.1, 0.15) is 51.3 Å². The Kier molecular flexibility index (Phi) is 9.33. The van der Waals surface area contributed by atoms with Crippen LogP contribution in [0.3, 0.4) is 0 Å². The molecule has 0 atom stereocenters. The molecule has 0 spiro atoms. The Bertz CT molecular complexity index is 1620. The molecule has 4 aromatic rings. The van der Waals surface area contributed by atoms with E-state index < -0.39 is 0 Å². The van der Waals surface area contributed by atoms with Crippen molar-refractivity contribution < 1.29 is 28.2 Å². The van der Waals surface area contributed by atoms with Gasteiger partial charge in [-0.15, -0.1) is 12.3 Å². The number of amides is 2. The van der Waals surface area contributed by atoms with Gasteiger partial charge in [-0.3, -0.25) is 9.59 Å². The van der Waals surface area contributed by atoms with Crippen molar-refractivity contribution in [3.8, 4) is 40.9 Å². The highest BCUT2D eigenvalue weighted by Crippen LogP contribution is 2.34. The third-order valence-corrected chi connectivity index (χ3v) is 7.35. The molecule has 1 aromatic heterocycles. The number of nitrogens with one attached hydrogen (secondary N) is 1. The lowest BCUT2D eigenvalue weighted by atomic mass is 9.98. The molecule has 0 saturated carbocycles. The van der Waals surface area contributed by atoms with Crippen LogP contribution in [0.15, 0.2) is 77.2 Å². The average Bonchev–Trinajstić information content (AvgIpc) is 3.54. The van der Waals surface area contributed by atoms with Gasteiger partial charge in [-0.1, -0.05) is 0 Å². The molecule has 1 N–H and O–H groups in total. The fourth-order valence-corrected chi connectivity index (χ4v) is 4.96. The predicted octanol–water partition coefficient (Wildman–Crippen LogP) is 6.60. The van der Waals surface area contributed by atoms with Crippen LogP contribution in [0.25, 0.3) is 11.3 Å². The van der Waals surface area contributed by atoms with Gasteiger partial charge in [0.1, 0.15) is 11.5 Å². The maximum absolute atomic E-state index is 13.3. The largest absolute Gasteiger partial charge is 0.494 e. The first-order chi connectivity index (χ1) is 21.0. The van der Waals surface area contributed by atoms with Gasteiger partial charge in [0, 0.05) is 36.3 Å². The molecule has 0 aliphatic carbocycles. The summed E-state index contributed by atoms with van der Waals surface area (Å²) in [6.45, 7) is 1.62. The lowest BCUT2D eigenvalue weighted by Gasteiger charge is -2.29. The minimum atomic E-state index is -0.224. The maximum Gasteiger partial charge on any atom is 0.289 e. The first-order valence-corrected chi connectivity index (χ1v) is 14.2. The van der Waals surface area contributed by atoms with E-state index in [1.165, 1.54) is 0 Å². The monoisotopic (exact) mass is 578 g/mol. The second-order valence-corrected chi connectivity index (χ2v) is 10.2. The molecule has 8 nitrogen and oxygen atoms in total. The Morgan fingerprint density at radius 3 is 2.35 bits per heavy atom. The number of hydrogen-bond donors (Lipinski definition) is 1. The van der Waals surface area contributed by atoms with E-state index in [1.807, 2.05) is 24.3 Å². The van der Waals surface area contributed by atoms with Crippen molar-refractivity contribution >= 4 is 17.5 Å². The fraction of sp³-hybridized carbons (Fsp3) is 0.257. The van der Waals surface area contributed by atoms with Crippen molar-refractivity contribution in [2.24, 2.45) is 0 Å². The van der Waals surface area contributed by atoms with Crippen molar-refractivity contribution in [1.82, 2.24) is 4.90 Å². The molecule has 0 radical (unpaired) electrons. The molecule has 1 aliphatic heterocycles. The number of furan rings is 1. The van der Waals surface area contributed by atoms with Gasteiger partial charge in [-0.2, -0.15) is 0 Å². The first kappa shape index (κ1) is 29.3. The zero-order chi connectivity index (χ0) is 30.2. The molecular formula is C35H34N2O6. The molecule has 43 heavy (non-hydrogen) atoms. The van der Waals surface area contributed by atoms with Gasteiger partial charge in [0.15, 0.2) is 17.3 Å². The number of ether oxygens (including phenoxy) is 3. The van der Waals surface area contributed by atoms with Crippen LogP contribution >= 0.6 is 0 Å². The standard InChI is InChI=1S/C35H34N2O6/c1-4-5-6-7-20-42-29-14-10-25(11-15-29)34(38)36-28-12-8-24(9-13-28)30-16-17-31(43-30)35(39)37-19-18-26-21-32(40-2)33(41-3)22-27(26)23-37/h1,8-17,21-22H,5-7,18-20,23H2,2-3H3,(H,36,38). The third-order valence-electron chi connectivity index (χ3n) is 7.35. The zero-order valence-electron chi connectivity index (χ0n) is 24.4. The van der Waals surface area contributed by atoms with Crippen molar-refractivity contribution in [1.29, 1.82) is 0 Å². The number of unbranched alkanes of at least 4 members (excludes halogenated alkanes) is 2. The van der Waals surface area contributed by atoms with Gasteiger partial charge in [0.2, 0.25) is 0 Å². The Hall–Kier alpha value is -5.16. The van der Waals surface area contributed by atoms with Crippen LogP contribution < -0.4 is 19.5 Å². The normalized spacial score (nSPS) is 12.2. The number of benzene rings is 3. The summed E-state index contributed by atoms with van der Waals surface area (Å²) in [5.41, 5.74) is 4.13. The number of fused-ring (bicyclic) bond motifs is 1. The number of rotatable bonds is 11. The molecule has 5 rings (SSSR count). The second kappa shape index (κ2) is 13.7. The number of anilines is 1. The summed E-state index contributed by atoms with van der Waals surface area (Å²) >= 11 is 0. The topological polar surface area (TPSA) is 90.2 Å². The SMILES string of the molecule is C#CCCCCOc1ccc(C(=O)Nc2ccc(-c3ccc(C(=O)N4CCc5cc(OC)c(OC)cc5C4)o3)cc2)cc1. The maximum atomic E-state index is 13.3. The summed E-state index contributed by atoms with van der Waals surface area (Å²) < 4.78 is 22.5. The first-order valence-electron chi connectivity index (χ1n) is 14.2. The Labute approximate surface area is 251 Å². The summed E-state index contributed by atoms with van der Waals surface area (Å²) in [7, 11) is 3.21. The van der Waals surface area contributed by atoms with Gasteiger partial charge in [-0.05, 0) is 103 Å². The van der Waals surface area contributed by atoms with Crippen LogP contribution in [0.5, 0.6) is 17.2 Å². The molecule has 0 saturated heterocycles. The molecular weight excluding hydrogens is 544 g/mol. The number of carbonyl (C=O) groups excluding carboxylic acids is 2. The van der Waals surface area contributed by atoms with Gasteiger partial charge in [-0.25, -0.2) is 0 Å². The van der Waals surface area contributed by atoms with Gasteiger partial charge in [0.25, 0.3) is 11.8 Å². The van der Waals surface area contributed by atoms with Crippen LogP contribution in [0.4, 0.5) is 5.69 Å². The lowest BCUT2D eigenvalue weighted by Crippen LogP contribution is -2.35. The van der Waals surface area contributed by atoms with Gasteiger partial charge >= 0.3 is 0 Å². The second-order valence-electron chi connectivity index (χ2n) is 10.2. The number of carbonyl (C=O) groups is 2. The van der Waals surface area contributed by atoms with E-state index in [0.29, 0.717) is 60.4 Å². The third kappa shape index (κ3) is 7.02. The summed E-state index contributed by atoms with van der Waals surface area (Å²) in [4.78, 5) is 27.8. The van der Waals surface area contributed by atoms with Crippen molar-refractivity contribution in [3.63, 3.8) is 0 Å². The summed E-state index contributed by atoms with van der Waals surface area (Å²) in [6.07, 6.45) is 8.54. The predicted molar refractivity (Wildman–Crippen MR) is 165 cm³/mol. The smallest absolute Gasteiger partial charge is 0.289 e. The molecule has 0 fully saturated rings. The molecule has 3 aromatic carbocycles. The molecule has 2 heterocycles. The fourth-order valence-electron chi connectivity index (χ4n) is 4.96. The van der Waals surface area contributed by atoms with Crippen LogP contribution in [-0.4, -0.2) is 44.1 Å². The summed E-state index contributed by atoms with van der Waals surface area (Å²) in [5.74, 6) is 5.10. The molecule has 220 valence electrons. The van der Waals surface area contributed by atoms with Crippen LogP contribution in [0.2, 0.25) is 0 Å². The van der Waals surface area contributed by atoms with E-state index in [4.69, 9.17) is 25.1 Å². The summed E-state index contributed by atoms with van der Waals surface area (Å²) in [6, 6.07) is 21.7. The van der Waals surface area contributed by atoms with E-state index in [0.717, 1.165) is 36.0 Å². The molecule has 0 unspecified atom stereocenters. The summed E-state index contributed by atoms with van der Waals surface area (Å²) in [5, 5.41) is 2.91. The van der Waals surface area contributed by atoms with E-state index in [-0.39, 0.29) is 17.6 Å². The van der Waals surface area contributed by atoms with Gasteiger partial charge < -0.3 is 28.8 Å². The quantitative estimate of drug-likeness (QED) is 0.159. The average molecular weight is 579 g/mol. The highest BCUT2D eigenvalue weighted by atomic mass is 16.5. The molecule has 1 aliphatic rings. The Morgan fingerprint density at radius 1 is 0.930 bits per heavy atom. The number of terminal acetylenes is 1. The minimum absolute atomic E-state index is 0.170. The highest BCUT2D eigenvalue weighted by Gasteiger charge is 2.26. The van der Waals surface area contributed by atoms with Crippen molar-refractivity contribution in [3.05, 3.63) is 95.2 Å². The molecule has 2 amide bonds. The van der Waals surface area contributed by atoms with Crippen LogP contribution in [-0.2, 0) is 13.0 Å². The van der Waals surface area contributed by atoms with E-state index in [1.54, 1.807) is 67.7 Å². The van der Waals surface area contributed by atoms with E-state index in [9.17, 15) is 9.59 Å². The number of hydrogen-bond acceptors (Lipinski definition) is 6. The zero-order valence-corrected chi connectivity index (χ0v) is 24.4. The Balaban J connectivity index is 1.17. The lowest BCUT2D eigenvalue weighted by molar-refractivity contribution is 0.0703.